The Morgan fingerprint density at radius 1 is 1.36 bits per heavy atom. The summed E-state index contributed by atoms with van der Waals surface area (Å²) >= 11 is 1.28. The molecular formula is C13H20N4O4S. The molecule has 0 saturated carbocycles. The van der Waals surface area contributed by atoms with Gasteiger partial charge in [0.2, 0.25) is 0 Å². The van der Waals surface area contributed by atoms with Crippen molar-refractivity contribution in [3.05, 3.63) is 11.1 Å². The number of carbonyl (C=O) groups is 3. The van der Waals surface area contributed by atoms with Crippen LogP contribution in [-0.4, -0.2) is 35.5 Å². The second kappa shape index (κ2) is 8.32. The maximum Gasteiger partial charge on any atom is 0.358 e. The highest BCUT2D eigenvalue weighted by Crippen LogP contribution is 2.17. The van der Waals surface area contributed by atoms with E-state index in [9.17, 15) is 14.4 Å². The summed E-state index contributed by atoms with van der Waals surface area (Å²) in [6.45, 7) is 6.33. The summed E-state index contributed by atoms with van der Waals surface area (Å²) in [6, 6.07) is -1.00. The molecule has 0 fully saturated rings. The summed E-state index contributed by atoms with van der Waals surface area (Å²) in [6.07, 6.45) is -0.150. The van der Waals surface area contributed by atoms with Crippen molar-refractivity contribution in [1.82, 2.24) is 10.3 Å². The van der Waals surface area contributed by atoms with Crippen molar-refractivity contribution in [3.63, 3.8) is 0 Å². The van der Waals surface area contributed by atoms with Crippen molar-refractivity contribution < 1.29 is 19.1 Å². The van der Waals surface area contributed by atoms with Gasteiger partial charge in [-0.05, 0) is 19.3 Å². The molecular weight excluding hydrogens is 308 g/mol. The van der Waals surface area contributed by atoms with Crippen LogP contribution in [0.5, 0.6) is 0 Å². The smallest absolute Gasteiger partial charge is 0.358 e. The number of nitrogens with zero attached hydrogens (tertiary/aromatic N) is 1. The van der Waals surface area contributed by atoms with Crippen molar-refractivity contribution in [3.8, 4) is 0 Å². The third kappa shape index (κ3) is 6.08. The Hall–Kier alpha value is -2.16. The van der Waals surface area contributed by atoms with Crippen molar-refractivity contribution in [2.24, 2.45) is 11.7 Å². The molecule has 0 unspecified atom stereocenters. The number of nitrogens with two attached hydrogens (primary N) is 1. The molecule has 0 aliphatic heterocycles. The lowest BCUT2D eigenvalue weighted by Gasteiger charge is -2.10. The van der Waals surface area contributed by atoms with Crippen LogP contribution in [0.15, 0.2) is 5.38 Å². The van der Waals surface area contributed by atoms with Crippen molar-refractivity contribution in [2.75, 3.05) is 11.9 Å². The summed E-state index contributed by atoms with van der Waals surface area (Å²) in [5, 5.41) is 7.10. The minimum absolute atomic E-state index is 0.107. The number of rotatable bonds is 7. The number of nitrogens with one attached hydrogen (secondary N) is 2. The number of aromatic nitrogens is 1. The van der Waals surface area contributed by atoms with Crippen molar-refractivity contribution >= 4 is 34.4 Å². The number of hydrogen-bond acceptors (Lipinski definition) is 7. The van der Waals surface area contributed by atoms with E-state index in [1.54, 1.807) is 5.38 Å². The second-order valence-corrected chi connectivity index (χ2v) is 5.91. The minimum atomic E-state index is -1.14. The molecule has 0 aliphatic rings. The van der Waals surface area contributed by atoms with Gasteiger partial charge in [0.15, 0.2) is 16.9 Å². The van der Waals surface area contributed by atoms with E-state index >= 15 is 0 Å². The first-order valence-corrected chi connectivity index (χ1v) is 7.68. The highest BCUT2D eigenvalue weighted by molar-refractivity contribution is 7.13. The van der Waals surface area contributed by atoms with Gasteiger partial charge in [0.1, 0.15) is 0 Å². The SMILES string of the molecule is CC(C)CCNc1nc(C(=O)O[C@@H](C)C(=O)NC(N)=O)cs1. The van der Waals surface area contributed by atoms with E-state index in [0.29, 0.717) is 11.0 Å². The summed E-state index contributed by atoms with van der Waals surface area (Å²) in [5.41, 5.74) is 4.92. The lowest BCUT2D eigenvalue weighted by Crippen LogP contribution is -2.42. The number of thiazole rings is 1. The van der Waals surface area contributed by atoms with Crippen LogP contribution in [0.1, 0.15) is 37.7 Å². The summed E-state index contributed by atoms with van der Waals surface area (Å²) in [5.74, 6) is -0.951. The third-order valence-corrected chi connectivity index (χ3v) is 3.41. The minimum Gasteiger partial charge on any atom is -0.448 e. The van der Waals surface area contributed by atoms with Gasteiger partial charge in [-0.25, -0.2) is 14.6 Å². The molecule has 1 heterocycles. The number of hydrogen-bond donors (Lipinski definition) is 3. The summed E-state index contributed by atoms with van der Waals surface area (Å²) in [4.78, 5) is 37.9. The second-order valence-electron chi connectivity index (χ2n) is 5.05. The van der Waals surface area contributed by atoms with E-state index in [1.165, 1.54) is 18.3 Å². The van der Waals surface area contributed by atoms with Crippen molar-refractivity contribution in [2.45, 2.75) is 33.3 Å². The number of anilines is 1. The Labute approximate surface area is 132 Å². The number of esters is 1. The first kappa shape index (κ1) is 17.9. The maximum absolute atomic E-state index is 11.8. The van der Waals surface area contributed by atoms with Gasteiger partial charge in [-0.1, -0.05) is 13.8 Å². The molecule has 0 bridgehead atoms. The molecule has 122 valence electrons. The number of imide groups is 1. The van der Waals surface area contributed by atoms with Crippen LogP contribution in [-0.2, 0) is 9.53 Å². The van der Waals surface area contributed by atoms with Crippen LogP contribution in [0.25, 0.3) is 0 Å². The van der Waals surface area contributed by atoms with E-state index < -0.39 is 24.0 Å². The highest BCUT2D eigenvalue weighted by Gasteiger charge is 2.21. The van der Waals surface area contributed by atoms with E-state index in [1.807, 2.05) is 5.32 Å². The molecule has 22 heavy (non-hydrogen) atoms. The molecule has 1 aromatic heterocycles. The fraction of sp³-hybridized carbons (Fsp3) is 0.538. The van der Waals surface area contributed by atoms with Gasteiger partial charge in [-0.15, -0.1) is 11.3 Å². The van der Waals surface area contributed by atoms with Crippen LogP contribution in [0, 0.1) is 5.92 Å². The molecule has 0 saturated heterocycles. The van der Waals surface area contributed by atoms with Crippen molar-refractivity contribution in [1.29, 1.82) is 0 Å². The first-order valence-electron chi connectivity index (χ1n) is 6.80. The average molecular weight is 328 g/mol. The number of carbonyl (C=O) groups excluding carboxylic acids is 3. The molecule has 4 N–H and O–H groups in total. The van der Waals surface area contributed by atoms with E-state index in [-0.39, 0.29) is 5.69 Å². The molecule has 8 nitrogen and oxygen atoms in total. The standard InChI is InChI=1S/C13H20N4O4S/c1-7(2)4-5-15-13-16-9(6-22-13)11(19)21-8(3)10(18)17-12(14)20/h6-8H,4-5H2,1-3H3,(H,15,16)(H3,14,17,18,20)/t8-/m0/s1. The monoisotopic (exact) mass is 328 g/mol. The molecule has 3 amide bonds. The predicted molar refractivity (Wildman–Crippen MR) is 82.7 cm³/mol. The lowest BCUT2D eigenvalue weighted by molar-refractivity contribution is -0.127. The summed E-state index contributed by atoms with van der Waals surface area (Å²) < 4.78 is 4.91. The number of ether oxygens (including phenoxy) is 1. The van der Waals surface area contributed by atoms with Gasteiger partial charge in [-0.2, -0.15) is 0 Å². The van der Waals surface area contributed by atoms with Gasteiger partial charge < -0.3 is 15.8 Å². The zero-order valence-electron chi connectivity index (χ0n) is 12.7. The van der Waals surface area contributed by atoms with E-state index in [4.69, 9.17) is 10.5 Å². The predicted octanol–water partition coefficient (Wildman–Crippen LogP) is 1.34. The van der Waals surface area contributed by atoms with E-state index in [2.05, 4.69) is 24.1 Å². The Morgan fingerprint density at radius 3 is 2.64 bits per heavy atom. The molecule has 9 heteroatoms. The zero-order chi connectivity index (χ0) is 16.7. The fourth-order valence-electron chi connectivity index (χ4n) is 1.41. The quantitative estimate of drug-likeness (QED) is 0.649. The summed E-state index contributed by atoms with van der Waals surface area (Å²) in [7, 11) is 0. The van der Waals surface area contributed by atoms with Crippen LogP contribution < -0.4 is 16.4 Å². The van der Waals surface area contributed by atoms with Gasteiger partial charge in [-0.3, -0.25) is 10.1 Å². The molecule has 0 spiro atoms. The fourth-order valence-corrected chi connectivity index (χ4v) is 2.12. The largest absolute Gasteiger partial charge is 0.448 e. The molecule has 1 atom stereocenters. The van der Waals surface area contributed by atoms with Crippen LogP contribution in [0.2, 0.25) is 0 Å². The zero-order valence-corrected chi connectivity index (χ0v) is 13.5. The number of urea groups is 1. The Morgan fingerprint density at radius 2 is 2.05 bits per heavy atom. The Bertz CT molecular complexity index is 544. The molecule has 1 aromatic rings. The van der Waals surface area contributed by atoms with Gasteiger partial charge in [0, 0.05) is 11.9 Å². The number of primary amides is 1. The number of amides is 3. The van der Waals surface area contributed by atoms with Gasteiger partial charge >= 0.3 is 12.0 Å². The molecule has 0 aromatic carbocycles. The lowest BCUT2D eigenvalue weighted by atomic mass is 10.1. The Balaban J connectivity index is 2.50. The first-order chi connectivity index (χ1) is 10.3. The Kier molecular flexibility index (Phi) is 6.77. The average Bonchev–Trinajstić information content (AvgIpc) is 2.86. The van der Waals surface area contributed by atoms with Crippen LogP contribution in [0.3, 0.4) is 0 Å². The molecule has 0 radical (unpaired) electrons. The normalized spacial score (nSPS) is 11.8. The molecule has 1 rings (SSSR count). The molecule has 0 aliphatic carbocycles. The van der Waals surface area contributed by atoms with Gasteiger partial charge in [0.25, 0.3) is 5.91 Å². The van der Waals surface area contributed by atoms with Crippen LogP contribution >= 0.6 is 11.3 Å². The highest BCUT2D eigenvalue weighted by atomic mass is 32.1. The van der Waals surface area contributed by atoms with Crippen LogP contribution in [0.4, 0.5) is 9.93 Å². The topological polar surface area (TPSA) is 123 Å². The third-order valence-electron chi connectivity index (χ3n) is 2.61. The van der Waals surface area contributed by atoms with Gasteiger partial charge in [0.05, 0.1) is 0 Å². The van der Waals surface area contributed by atoms with E-state index in [0.717, 1.165) is 13.0 Å². The maximum atomic E-state index is 11.8.